The third kappa shape index (κ3) is 4.88. The third-order valence-electron chi connectivity index (χ3n) is 2.80. The van der Waals surface area contributed by atoms with Crippen LogP contribution in [-0.2, 0) is 6.54 Å². The van der Waals surface area contributed by atoms with E-state index in [0.29, 0.717) is 0 Å². The van der Waals surface area contributed by atoms with E-state index < -0.39 is 0 Å². The summed E-state index contributed by atoms with van der Waals surface area (Å²) < 4.78 is 7.23. The summed E-state index contributed by atoms with van der Waals surface area (Å²) in [5, 5.41) is 3.43. The molecule has 0 bridgehead atoms. The quantitative estimate of drug-likeness (QED) is 0.736. The number of ether oxygens (including phenoxy) is 1. The van der Waals surface area contributed by atoms with Gasteiger partial charge in [-0.3, -0.25) is 0 Å². The molecule has 0 aromatic heterocycles. The van der Waals surface area contributed by atoms with Gasteiger partial charge in [0, 0.05) is 19.6 Å². The van der Waals surface area contributed by atoms with E-state index in [1.54, 1.807) is 7.11 Å². The van der Waals surface area contributed by atoms with Crippen molar-refractivity contribution in [1.82, 2.24) is 10.2 Å². The normalized spacial score (nSPS) is 11.0. The van der Waals surface area contributed by atoms with Crippen LogP contribution in [0.25, 0.3) is 0 Å². The molecule has 1 N–H and O–H groups in total. The average molecular weight is 380 g/mol. The summed E-state index contributed by atoms with van der Waals surface area (Å²) in [5.41, 5.74) is 1.23. The SMILES string of the molecule is CCN(C)CCNCc1cc(Br)c(OC)c(Br)c1. The van der Waals surface area contributed by atoms with Crippen molar-refractivity contribution in [3.05, 3.63) is 26.6 Å². The van der Waals surface area contributed by atoms with Gasteiger partial charge < -0.3 is 15.0 Å². The van der Waals surface area contributed by atoms with Gasteiger partial charge in [0.15, 0.2) is 0 Å². The van der Waals surface area contributed by atoms with Gasteiger partial charge in [-0.25, -0.2) is 0 Å². The van der Waals surface area contributed by atoms with Crippen molar-refractivity contribution >= 4 is 31.9 Å². The van der Waals surface area contributed by atoms with Crippen LogP contribution in [0.2, 0.25) is 0 Å². The Kier molecular flexibility index (Phi) is 7.22. The highest BCUT2D eigenvalue weighted by Crippen LogP contribution is 2.34. The van der Waals surface area contributed by atoms with Crippen molar-refractivity contribution in [1.29, 1.82) is 0 Å². The smallest absolute Gasteiger partial charge is 0.147 e. The molecule has 0 amide bonds. The van der Waals surface area contributed by atoms with Crippen molar-refractivity contribution in [3.8, 4) is 5.75 Å². The lowest BCUT2D eigenvalue weighted by atomic mass is 10.2. The molecule has 0 aliphatic carbocycles. The van der Waals surface area contributed by atoms with Crippen molar-refractivity contribution < 1.29 is 4.74 Å². The second-order valence-corrected chi connectivity index (χ2v) is 5.87. The minimum Gasteiger partial charge on any atom is -0.494 e. The molecule has 18 heavy (non-hydrogen) atoms. The lowest BCUT2D eigenvalue weighted by molar-refractivity contribution is 0.349. The fourth-order valence-electron chi connectivity index (χ4n) is 1.57. The molecule has 0 atom stereocenters. The molecule has 1 aromatic carbocycles. The standard InChI is InChI=1S/C13H20Br2N2O/c1-4-17(2)6-5-16-9-10-7-11(14)13(18-3)12(15)8-10/h7-8,16H,4-6,9H2,1-3H3. The van der Waals surface area contributed by atoms with Gasteiger partial charge >= 0.3 is 0 Å². The lowest BCUT2D eigenvalue weighted by Crippen LogP contribution is -2.28. The van der Waals surface area contributed by atoms with Gasteiger partial charge in [-0.05, 0) is 63.1 Å². The summed E-state index contributed by atoms with van der Waals surface area (Å²) in [7, 11) is 3.80. The number of nitrogens with one attached hydrogen (secondary N) is 1. The number of benzene rings is 1. The van der Waals surface area contributed by atoms with E-state index in [0.717, 1.165) is 40.9 Å². The molecule has 0 aliphatic rings. The predicted molar refractivity (Wildman–Crippen MR) is 83.3 cm³/mol. The van der Waals surface area contributed by atoms with Gasteiger partial charge in [0.25, 0.3) is 0 Å². The predicted octanol–water partition coefficient (Wildman–Crippen LogP) is 3.26. The van der Waals surface area contributed by atoms with E-state index in [4.69, 9.17) is 4.74 Å². The molecule has 0 heterocycles. The minimum absolute atomic E-state index is 0.837. The Hall–Kier alpha value is -0.100. The molecule has 5 heteroatoms. The van der Waals surface area contributed by atoms with Crippen LogP contribution in [-0.4, -0.2) is 38.7 Å². The van der Waals surface area contributed by atoms with Crippen LogP contribution in [0.1, 0.15) is 12.5 Å². The van der Waals surface area contributed by atoms with Gasteiger partial charge in [0.05, 0.1) is 16.1 Å². The first-order chi connectivity index (χ1) is 8.58. The van der Waals surface area contributed by atoms with Crippen molar-refractivity contribution in [3.63, 3.8) is 0 Å². The van der Waals surface area contributed by atoms with Gasteiger partial charge in [0.1, 0.15) is 5.75 Å². The summed E-state index contributed by atoms with van der Waals surface area (Å²) in [6.45, 7) is 6.17. The van der Waals surface area contributed by atoms with Crippen LogP contribution < -0.4 is 10.1 Å². The van der Waals surface area contributed by atoms with Crippen molar-refractivity contribution in [2.24, 2.45) is 0 Å². The first kappa shape index (κ1) is 16.0. The molecule has 0 radical (unpaired) electrons. The number of halogens is 2. The number of rotatable bonds is 7. The summed E-state index contributed by atoms with van der Waals surface area (Å²) in [4.78, 5) is 2.28. The van der Waals surface area contributed by atoms with Gasteiger partial charge in [-0.2, -0.15) is 0 Å². The highest BCUT2D eigenvalue weighted by molar-refractivity contribution is 9.11. The van der Waals surface area contributed by atoms with Crippen LogP contribution in [0.3, 0.4) is 0 Å². The molecular formula is C13H20Br2N2O. The lowest BCUT2D eigenvalue weighted by Gasteiger charge is -2.14. The first-order valence-corrected chi connectivity index (χ1v) is 7.58. The highest BCUT2D eigenvalue weighted by Gasteiger charge is 2.07. The Balaban J connectivity index is 2.48. The summed E-state index contributed by atoms with van der Waals surface area (Å²) in [6, 6.07) is 4.17. The Morgan fingerprint density at radius 1 is 1.28 bits per heavy atom. The Morgan fingerprint density at radius 2 is 1.89 bits per heavy atom. The van der Waals surface area contributed by atoms with E-state index in [9.17, 15) is 0 Å². The molecule has 0 saturated heterocycles. The zero-order valence-corrected chi connectivity index (χ0v) is 14.3. The van der Waals surface area contributed by atoms with E-state index in [1.165, 1.54) is 5.56 Å². The molecule has 0 spiro atoms. The molecule has 1 aromatic rings. The summed E-state index contributed by atoms with van der Waals surface area (Å²) >= 11 is 7.02. The number of methoxy groups -OCH3 is 1. The van der Waals surface area contributed by atoms with E-state index in [1.807, 2.05) is 0 Å². The molecule has 0 saturated carbocycles. The van der Waals surface area contributed by atoms with Crippen LogP contribution >= 0.6 is 31.9 Å². The van der Waals surface area contributed by atoms with Gasteiger partial charge in [0.2, 0.25) is 0 Å². The zero-order valence-electron chi connectivity index (χ0n) is 11.1. The minimum atomic E-state index is 0.837. The average Bonchev–Trinajstić information content (AvgIpc) is 2.34. The van der Waals surface area contributed by atoms with Crippen LogP contribution in [0.15, 0.2) is 21.1 Å². The number of nitrogens with zero attached hydrogens (tertiary/aromatic N) is 1. The second kappa shape index (κ2) is 8.15. The number of likely N-dealkylation sites (N-methyl/N-ethyl adjacent to an activating group) is 1. The molecule has 102 valence electrons. The Bertz CT molecular complexity index is 362. The molecular weight excluding hydrogens is 360 g/mol. The topological polar surface area (TPSA) is 24.5 Å². The highest BCUT2D eigenvalue weighted by atomic mass is 79.9. The summed E-state index contributed by atoms with van der Waals surface area (Å²) in [6.07, 6.45) is 0. The molecule has 0 aliphatic heterocycles. The van der Waals surface area contributed by atoms with Crippen molar-refractivity contribution in [2.45, 2.75) is 13.5 Å². The van der Waals surface area contributed by atoms with E-state index in [-0.39, 0.29) is 0 Å². The van der Waals surface area contributed by atoms with Crippen LogP contribution in [0.5, 0.6) is 5.75 Å². The van der Waals surface area contributed by atoms with Crippen molar-refractivity contribution in [2.75, 3.05) is 33.8 Å². The van der Waals surface area contributed by atoms with Gasteiger partial charge in [-0.1, -0.05) is 6.92 Å². The maximum absolute atomic E-state index is 5.28. The largest absolute Gasteiger partial charge is 0.494 e. The fraction of sp³-hybridized carbons (Fsp3) is 0.538. The fourth-order valence-corrected chi connectivity index (χ4v) is 3.18. The summed E-state index contributed by atoms with van der Waals surface area (Å²) in [5.74, 6) is 0.837. The number of hydrogen-bond donors (Lipinski definition) is 1. The molecule has 0 fully saturated rings. The molecule has 1 rings (SSSR count). The maximum atomic E-state index is 5.28. The third-order valence-corrected chi connectivity index (χ3v) is 3.98. The van der Waals surface area contributed by atoms with E-state index >= 15 is 0 Å². The Labute approximate surface area is 126 Å². The maximum Gasteiger partial charge on any atom is 0.147 e. The number of hydrogen-bond acceptors (Lipinski definition) is 3. The monoisotopic (exact) mass is 378 g/mol. The zero-order chi connectivity index (χ0) is 13.5. The second-order valence-electron chi connectivity index (χ2n) is 4.17. The van der Waals surface area contributed by atoms with Crippen LogP contribution in [0.4, 0.5) is 0 Å². The first-order valence-electron chi connectivity index (χ1n) is 5.99. The molecule has 0 unspecified atom stereocenters. The van der Waals surface area contributed by atoms with Crippen LogP contribution in [0, 0.1) is 0 Å². The Morgan fingerprint density at radius 3 is 2.39 bits per heavy atom. The molecule has 3 nitrogen and oxygen atoms in total. The van der Waals surface area contributed by atoms with Gasteiger partial charge in [-0.15, -0.1) is 0 Å². The van der Waals surface area contributed by atoms with E-state index in [2.05, 4.69) is 68.2 Å².